The van der Waals surface area contributed by atoms with E-state index < -0.39 is 0 Å². The molecular formula is C93H82Ir4N24-16. The first-order valence-corrected chi connectivity index (χ1v) is 37.2. The summed E-state index contributed by atoms with van der Waals surface area (Å²) in [6.07, 6.45) is 29.6. The number of hydrogen-bond donors (Lipinski definition) is 0. The fraction of sp³-hybridized carbons (Fsp3) is 0.0753. The molecule has 0 amide bonds. The first-order chi connectivity index (χ1) is 57.5. The molecule has 0 fully saturated rings. The normalized spacial score (nSPS) is 14.1. The number of anilines is 17. The molecule has 0 atom stereocenters. The predicted molar refractivity (Wildman–Crippen MR) is 465 cm³/mol. The van der Waals surface area contributed by atoms with E-state index >= 15 is 0 Å². The summed E-state index contributed by atoms with van der Waals surface area (Å²) in [7, 11) is 13.9. The zero-order valence-electron chi connectivity index (χ0n) is 66.8. The van der Waals surface area contributed by atoms with E-state index in [1.165, 1.54) is 0 Å². The van der Waals surface area contributed by atoms with Crippen LogP contribution in [-0.4, -0.2) is 109 Å². The third-order valence-electron chi connectivity index (χ3n) is 17.8. The van der Waals surface area contributed by atoms with Crippen LogP contribution in [0.5, 0.6) is 0 Å². The minimum absolute atomic E-state index is 0. The van der Waals surface area contributed by atoms with E-state index in [-0.39, 0.29) is 80.4 Å². The smallest absolute Gasteiger partial charge is 0.145 e. The monoisotopic (exact) mass is 2310 g/mol. The summed E-state index contributed by atoms with van der Waals surface area (Å²) >= 11 is 0. The van der Waals surface area contributed by atoms with Crippen LogP contribution in [0.3, 0.4) is 0 Å². The summed E-state index contributed by atoms with van der Waals surface area (Å²) in [5.74, 6) is 5.13. The molecule has 24 nitrogen and oxygen atoms in total. The van der Waals surface area contributed by atoms with Crippen molar-refractivity contribution >= 4 is 97.5 Å². The van der Waals surface area contributed by atoms with Crippen LogP contribution in [0, 0.1) is 102 Å². The standard InChI is InChI=1S/C17H12N4.3C12H10N4.4C10H10N2.4Ir/c1-3-7-14(8-4-1)20-13-21(15-9-5-2-6-10-15)17-16(20)18-11-12-19-17;1-15-9-16(10-5-3-2-4-6-10)11-7-13-8-14-12(11)15;1-15-9-16(10-5-3-2-4-6-10)12-11(15)7-13-8-14-12;1-15-9-16(10-5-3-2-4-6-10)12-11(15)13-7-8-14-12;4*1-11-7-8-12(9-11)10-5-3-2-4-6-10;;;;/h1-9,11-13H;3*2-5,7-9H,1H3;4*2-5,7-9H,1H3;;;;/q8*-2;;;;. The van der Waals surface area contributed by atoms with Crippen LogP contribution in [0.2, 0.25) is 0 Å². The summed E-state index contributed by atoms with van der Waals surface area (Å²) in [6.45, 7) is 15.9. The maximum absolute atomic E-state index is 4.47. The molecule has 626 valence electrons. The molecule has 0 unspecified atom stereocenters. The molecule has 4 aromatic heterocycles. The van der Waals surface area contributed by atoms with Crippen molar-refractivity contribution in [2.45, 2.75) is 0 Å². The van der Waals surface area contributed by atoms with Gasteiger partial charge >= 0.3 is 0 Å². The predicted octanol–water partition coefficient (Wildman–Crippen LogP) is 16.9. The Kier molecular flexibility index (Phi) is 34.4. The van der Waals surface area contributed by atoms with Gasteiger partial charge in [0.15, 0.2) is 0 Å². The van der Waals surface area contributed by atoms with Crippen molar-refractivity contribution in [3.63, 3.8) is 0 Å². The molecular weight excluding hydrogens is 2220 g/mol. The molecule has 8 aliphatic heterocycles. The Bertz CT molecular complexity index is 4790. The zero-order chi connectivity index (χ0) is 80.5. The third-order valence-corrected chi connectivity index (χ3v) is 17.8. The van der Waals surface area contributed by atoms with E-state index in [1.807, 2.05) is 468 Å². The van der Waals surface area contributed by atoms with Gasteiger partial charge in [-0.2, -0.15) is 283 Å². The molecule has 0 bridgehead atoms. The summed E-state index contributed by atoms with van der Waals surface area (Å²) < 4.78 is 0. The van der Waals surface area contributed by atoms with Gasteiger partial charge in [-0.15, -0.1) is 58.8 Å². The molecule has 13 aromatic rings. The Balaban J connectivity index is 0.000000146. The average Bonchev–Trinajstić information content (AvgIpc) is 1.64. The van der Waals surface area contributed by atoms with Crippen molar-refractivity contribution in [1.29, 1.82) is 0 Å². The summed E-state index contributed by atoms with van der Waals surface area (Å²) in [4.78, 5) is 66.2. The van der Waals surface area contributed by atoms with Crippen LogP contribution >= 0.6 is 0 Å². The second-order valence-electron chi connectivity index (χ2n) is 26.3. The number of nitrogens with zero attached hydrogens (tertiary/aromatic N) is 24. The van der Waals surface area contributed by atoms with E-state index in [9.17, 15) is 0 Å². The van der Waals surface area contributed by atoms with E-state index in [2.05, 4.69) is 88.4 Å². The summed E-state index contributed by atoms with van der Waals surface area (Å²) in [6, 6.07) is 98.4. The minimum atomic E-state index is 0. The Hall–Kier alpha value is -12.3. The van der Waals surface area contributed by atoms with Crippen LogP contribution in [0.15, 0.2) is 324 Å². The summed E-state index contributed by atoms with van der Waals surface area (Å²) in [5, 5.41) is 0. The van der Waals surface area contributed by atoms with Crippen molar-refractivity contribution in [2.24, 2.45) is 0 Å². The Labute approximate surface area is 765 Å². The largest absolute Gasteiger partial charge is 0.510 e. The van der Waals surface area contributed by atoms with Crippen molar-refractivity contribution in [3.05, 3.63) is 426 Å². The molecule has 0 saturated carbocycles. The quantitative estimate of drug-likeness (QED) is 0.126. The number of aromatic nitrogens is 8. The van der Waals surface area contributed by atoms with Gasteiger partial charge in [0.05, 0.1) is 23.8 Å². The van der Waals surface area contributed by atoms with E-state index in [0.717, 1.165) is 97.5 Å². The minimum Gasteiger partial charge on any atom is -0.510 e. The SMILES string of the molecule is CN1C=CN(c2[c-]cccc2)[CH-]1.CN1C=CN(c2[c-]cccc2)[CH-]1.CN1C=CN(c2[c-]cccc2)[CH-]1.CN1C=CN(c2[c-]cccc2)[CH-]1.CN1[CH-]N(c2[c-]cccc2)c2cncnc21.CN1[CH-]N(c2[c-]cccc2)c2nccnc21.CN1[CH-]N(c2[c-]cccc2)c2ncncc21.[Ir].[Ir].[Ir].[Ir].[c-]1ccccc1N1[CH-]N(c2ccccc2)c2nccnc21. The molecule has 0 saturated heterocycles. The molecule has 8 aliphatic rings. The van der Waals surface area contributed by atoms with Crippen molar-refractivity contribution in [2.75, 3.05) is 108 Å². The van der Waals surface area contributed by atoms with Crippen LogP contribution < -0.4 is 58.8 Å². The topological polar surface area (TPSA) is 155 Å². The van der Waals surface area contributed by atoms with Gasteiger partial charge in [-0.3, -0.25) is 0 Å². The molecule has 12 heterocycles. The van der Waals surface area contributed by atoms with Gasteiger partial charge in [-0.1, -0.05) is 18.2 Å². The second-order valence-corrected chi connectivity index (χ2v) is 26.3. The van der Waals surface area contributed by atoms with E-state index in [0.29, 0.717) is 0 Å². The second kappa shape index (κ2) is 45.7. The Morgan fingerprint density at radius 2 is 0.512 bits per heavy atom. The number of para-hydroxylation sites is 9. The average molecular weight is 2300 g/mol. The van der Waals surface area contributed by atoms with Gasteiger partial charge < -0.3 is 78.4 Å². The van der Waals surface area contributed by atoms with Gasteiger partial charge in [0.1, 0.15) is 47.6 Å². The van der Waals surface area contributed by atoms with Gasteiger partial charge in [-0.05, 0) is 111 Å². The molecule has 4 radical (unpaired) electrons. The van der Waals surface area contributed by atoms with E-state index in [4.69, 9.17) is 0 Å². The molecule has 0 spiro atoms. The molecule has 0 N–H and O–H groups in total. The van der Waals surface area contributed by atoms with Gasteiger partial charge in [0.2, 0.25) is 0 Å². The van der Waals surface area contributed by atoms with Crippen LogP contribution in [0.4, 0.5) is 97.5 Å². The van der Waals surface area contributed by atoms with Crippen LogP contribution in [0.1, 0.15) is 0 Å². The third kappa shape index (κ3) is 24.0. The van der Waals surface area contributed by atoms with Gasteiger partial charge in [0.25, 0.3) is 0 Å². The fourth-order valence-corrected chi connectivity index (χ4v) is 12.2. The van der Waals surface area contributed by atoms with Crippen molar-refractivity contribution in [1.82, 2.24) is 59.5 Å². The molecule has 121 heavy (non-hydrogen) atoms. The Morgan fingerprint density at radius 1 is 0.231 bits per heavy atom. The number of fused-ring (bicyclic) bond motifs is 4. The van der Waals surface area contributed by atoms with E-state index in [1.54, 1.807) is 37.4 Å². The number of rotatable bonds is 9. The Morgan fingerprint density at radius 3 is 0.868 bits per heavy atom. The van der Waals surface area contributed by atoms with Crippen LogP contribution in [0.25, 0.3) is 0 Å². The number of hydrogen-bond acceptors (Lipinski definition) is 24. The summed E-state index contributed by atoms with van der Waals surface area (Å²) in [5.41, 5.74) is 11.2. The molecule has 21 rings (SSSR count). The van der Waals surface area contributed by atoms with Crippen LogP contribution in [-0.2, 0) is 80.4 Å². The first-order valence-electron chi connectivity index (χ1n) is 37.2. The molecule has 9 aromatic carbocycles. The molecule has 0 aliphatic carbocycles. The molecule has 28 heteroatoms. The van der Waals surface area contributed by atoms with Gasteiger partial charge in [0, 0.05) is 111 Å². The maximum Gasteiger partial charge on any atom is 0.145 e. The number of benzene rings is 9. The zero-order valence-corrected chi connectivity index (χ0v) is 76.4. The van der Waals surface area contributed by atoms with Crippen molar-refractivity contribution < 1.29 is 80.4 Å². The first kappa shape index (κ1) is 91.0. The van der Waals surface area contributed by atoms with Gasteiger partial charge in [-0.25, -0.2) is 39.9 Å². The maximum atomic E-state index is 4.47. The van der Waals surface area contributed by atoms with Crippen molar-refractivity contribution in [3.8, 4) is 0 Å². The fourth-order valence-electron chi connectivity index (χ4n) is 12.2.